The van der Waals surface area contributed by atoms with E-state index >= 15 is 0 Å². The number of nitrogens with zero attached hydrogens (tertiary/aromatic N) is 1. The zero-order chi connectivity index (χ0) is 19.8. The predicted octanol–water partition coefficient (Wildman–Crippen LogP) is 1.99. The van der Waals surface area contributed by atoms with Crippen molar-refractivity contribution >= 4 is 29.2 Å². The lowest BCUT2D eigenvalue weighted by atomic mass is 9.78. The molecule has 2 amide bonds. The van der Waals surface area contributed by atoms with E-state index in [9.17, 15) is 14.4 Å². The Morgan fingerprint density at radius 1 is 1.29 bits per heavy atom. The Labute approximate surface area is 168 Å². The van der Waals surface area contributed by atoms with Crippen molar-refractivity contribution in [2.24, 2.45) is 11.8 Å². The van der Waals surface area contributed by atoms with Crippen LogP contribution in [0.4, 0.5) is 0 Å². The first kappa shape index (κ1) is 19.5. The van der Waals surface area contributed by atoms with Crippen molar-refractivity contribution in [3.63, 3.8) is 0 Å². The molecule has 8 heteroatoms. The molecule has 7 nitrogen and oxygen atoms in total. The average Bonchev–Trinajstić information content (AvgIpc) is 3.40. The molecule has 3 fully saturated rings. The average molecular weight is 409 g/mol. The minimum absolute atomic E-state index is 0.0211. The number of fused-ring (bicyclic) bond motifs is 1. The third kappa shape index (κ3) is 3.57. The van der Waals surface area contributed by atoms with Crippen LogP contribution in [0.5, 0.6) is 0 Å². The standard InChI is InChI=1S/C20H25ClN2O5/c1-11-4-6-12(7-5-11)16(22-19(25)15-3-2-8-27-15)20(26)23-9-13(21)18-17(23)14(24)10-28-18/h2-3,8,11-13,16-18H,4-7,9-10H2,1H3,(H,22,25)/t11?,12?,13-,16?,17+,18+/m0/s1. The van der Waals surface area contributed by atoms with E-state index < -0.39 is 29.5 Å². The lowest BCUT2D eigenvalue weighted by Crippen LogP contribution is -2.55. The molecule has 28 heavy (non-hydrogen) atoms. The van der Waals surface area contributed by atoms with Crippen LogP contribution in [0.15, 0.2) is 22.8 Å². The topological polar surface area (TPSA) is 88.8 Å². The number of furan rings is 1. The van der Waals surface area contributed by atoms with Crippen LogP contribution >= 0.6 is 11.6 Å². The van der Waals surface area contributed by atoms with E-state index in [0.29, 0.717) is 5.92 Å². The van der Waals surface area contributed by atoms with Crippen molar-refractivity contribution in [2.45, 2.75) is 56.2 Å². The molecule has 1 aliphatic carbocycles. The van der Waals surface area contributed by atoms with Crippen LogP contribution < -0.4 is 5.32 Å². The van der Waals surface area contributed by atoms with Gasteiger partial charge in [0.2, 0.25) is 5.91 Å². The smallest absolute Gasteiger partial charge is 0.287 e. The number of likely N-dealkylation sites (tertiary alicyclic amines) is 1. The first-order valence-corrected chi connectivity index (χ1v) is 10.3. The molecule has 3 aliphatic rings. The predicted molar refractivity (Wildman–Crippen MR) is 101 cm³/mol. The van der Waals surface area contributed by atoms with Crippen molar-refractivity contribution < 1.29 is 23.5 Å². The molecule has 1 saturated carbocycles. The summed E-state index contributed by atoms with van der Waals surface area (Å²) in [7, 11) is 0. The van der Waals surface area contributed by atoms with Crippen LogP contribution in [-0.4, -0.2) is 59.2 Å². The van der Waals surface area contributed by atoms with Crippen LogP contribution in [0.2, 0.25) is 0 Å². The zero-order valence-corrected chi connectivity index (χ0v) is 16.6. The number of nitrogens with one attached hydrogen (secondary N) is 1. The summed E-state index contributed by atoms with van der Waals surface area (Å²) in [5, 5.41) is 2.45. The molecule has 152 valence electrons. The van der Waals surface area contributed by atoms with Gasteiger partial charge in [-0.2, -0.15) is 0 Å². The fourth-order valence-corrected chi connectivity index (χ4v) is 4.98. The van der Waals surface area contributed by atoms with Gasteiger partial charge in [-0.15, -0.1) is 11.6 Å². The van der Waals surface area contributed by atoms with Crippen molar-refractivity contribution in [3.8, 4) is 0 Å². The van der Waals surface area contributed by atoms with Crippen molar-refractivity contribution in [1.82, 2.24) is 10.2 Å². The molecular weight excluding hydrogens is 384 g/mol. The normalized spacial score (nSPS) is 33.6. The van der Waals surface area contributed by atoms with Gasteiger partial charge >= 0.3 is 0 Å². The second kappa shape index (κ2) is 7.87. The van der Waals surface area contributed by atoms with Crippen LogP contribution in [0, 0.1) is 11.8 Å². The molecule has 2 saturated heterocycles. The largest absolute Gasteiger partial charge is 0.459 e. The number of Topliss-reactive ketones (excluding diaryl/α,β-unsaturated/α-hetero) is 1. The number of carbonyl (C=O) groups is 3. The Morgan fingerprint density at radius 2 is 2.04 bits per heavy atom. The summed E-state index contributed by atoms with van der Waals surface area (Å²) in [6.45, 7) is 2.43. The summed E-state index contributed by atoms with van der Waals surface area (Å²) in [6, 6.07) is 1.84. The van der Waals surface area contributed by atoms with E-state index in [1.807, 2.05) is 0 Å². The quantitative estimate of drug-likeness (QED) is 0.769. The van der Waals surface area contributed by atoms with Crippen LogP contribution in [0.1, 0.15) is 43.2 Å². The molecule has 1 aromatic heterocycles. The summed E-state index contributed by atoms with van der Waals surface area (Å²) < 4.78 is 10.7. The molecule has 1 N–H and O–H groups in total. The minimum Gasteiger partial charge on any atom is -0.459 e. The summed E-state index contributed by atoms with van der Waals surface area (Å²) in [5.41, 5.74) is 0. The first-order valence-electron chi connectivity index (χ1n) is 9.89. The van der Waals surface area contributed by atoms with Gasteiger partial charge in [-0.1, -0.05) is 19.8 Å². The molecular formula is C20H25ClN2O5. The summed E-state index contributed by atoms with van der Waals surface area (Å²) in [5.74, 6) is -0.00825. The van der Waals surface area contributed by atoms with E-state index in [-0.39, 0.29) is 36.5 Å². The molecule has 0 spiro atoms. The van der Waals surface area contributed by atoms with Crippen LogP contribution in [0.25, 0.3) is 0 Å². The number of halogens is 1. The lowest BCUT2D eigenvalue weighted by molar-refractivity contribution is -0.139. The third-order valence-corrected chi connectivity index (χ3v) is 6.62. The van der Waals surface area contributed by atoms with Gasteiger partial charge in [-0.3, -0.25) is 14.4 Å². The monoisotopic (exact) mass is 408 g/mol. The van der Waals surface area contributed by atoms with E-state index in [1.165, 1.54) is 11.2 Å². The number of carbonyl (C=O) groups excluding carboxylic acids is 3. The molecule has 1 unspecified atom stereocenters. The molecule has 0 aromatic carbocycles. The van der Waals surface area contributed by atoms with Gasteiger partial charge in [0.1, 0.15) is 24.8 Å². The Bertz CT molecular complexity index is 744. The molecule has 0 bridgehead atoms. The lowest BCUT2D eigenvalue weighted by Gasteiger charge is -2.35. The van der Waals surface area contributed by atoms with Gasteiger partial charge in [0, 0.05) is 6.54 Å². The molecule has 3 heterocycles. The molecule has 4 rings (SSSR count). The second-order valence-corrected chi connectivity index (χ2v) is 8.70. The summed E-state index contributed by atoms with van der Waals surface area (Å²) in [4.78, 5) is 39.9. The highest BCUT2D eigenvalue weighted by Crippen LogP contribution is 2.35. The number of alkyl halides is 1. The maximum absolute atomic E-state index is 13.5. The Hall–Kier alpha value is -1.86. The number of ketones is 1. The maximum Gasteiger partial charge on any atom is 0.287 e. The number of amides is 2. The fraction of sp³-hybridized carbons (Fsp3) is 0.650. The molecule has 1 aromatic rings. The number of hydrogen-bond acceptors (Lipinski definition) is 5. The Kier molecular flexibility index (Phi) is 5.47. The minimum atomic E-state index is -0.707. The van der Waals surface area contributed by atoms with Crippen molar-refractivity contribution in [1.29, 1.82) is 0 Å². The highest BCUT2D eigenvalue weighted by molar-refractivity contribution is 6.22. The molecule has 0 radical (unpaired) electrons. The summed E-state index contributed by atoms with van der Waals surface area (Å²) in [6.07, 6.45) is 4.69. The third-order valence-electron chi connectivity index (χ3n) is 6.24. The highest BCUT2D eigenvalue weighted by atomic mass is 35.5. The van der Waals surface area contributed by atoms with E-state index in [2.05, 4.69) is 12.2 Å². The Morgan fingerprint density at radius 3 is 2.71 bits per heavy atom. The Balaban J connectivity index is 1.56. The maximum atomic E-state index is 13.5. The van der Waals surface area contributed by atoms with E-state index in [1.54, 1.807) is 12.1 Å². The van der Waals surface area contributed by atoms with Crippen LogP contribution in [0.3, 0.4) is 0 Å². The summed E-state index contributed by atoms with van der Waals surface area (Å²) >= 11 is 6.34. The van der Waals surface area contributed by atoms with Gasteiger partial charge < -0.3 is 19.4 Å². The molecule has 2 aliphatic heterocycles. The van der Waals surface area contributed by atoms with Gasteiger partial charge in [0.15, 0.2) is 11.5 Å². The molecule has 4 atom stereocenters. The van der Waals surface area contributed by atoms with E-state index in [0.717, 1.165) is 25.7 Å². The number of rotatable bonds is 4. The number of hydrogen-bond donors (Lipinski definition) is 1. The van der Waals surface area contributed by atoms with Crippen molar-refractivity contribution in [3.05, 3.63) is 24.2 Å². The highest BCUT2D eigenvalue weighted by Gasteiger charge is 2.53. The fourth-order valence-electron chi connectivity index (χ4n) is 4.62. The van der Waals surface area contributed by atoms with Crippen molar-refractivity contribution in [2.75, 3.05) is 13.2 Å². The van der Waals surface area contributed by atoms with Gasteiger partial charge in [0.25, 0.3) is 5.91 Å². The van der Waals surface area contributed by atoms with Gasteiger partial charge in [0.05, 0.1) is 11.6 Å². The number of ether oxygens (including phenoxy) is 1. The first-order chi connectivity index (χ1) is 13.5. The SMILES string of the molecule is CC1CCC(C(NC(=O)c2ccco2)C(=O)N2C[C@H](Cl)[C@H]3OCC(=O)[C@H]32)CC1. The van der Waals surface area contributed by atoms with Gasteiger partial charge in [-0.25, -0.2) is 0 Å². The van der Waals surface area contributed by atoms with E-state index in [4.69, 9.17) is 20.8 Å². The second-order valence-electron chi connectivity index (χ2n) is 8.14. The van der Waals surface area contributed by atoms with Crippen LogP contribution in [-0.2, 0) is 14.3 Å². The van der Waals surface area contributed by atoms with Gasteiger partial charge in [-0.05, 0) is 36.8 Å². The zero-order valence-electron chi connectivity index (χ0n) is 15.8.